The van der Waals surface area contributed by atoms with E-state index in [-0.39, 0.29) is 5.82 Å². The van der Waals surface area contributed by atoms with Gasteiger partial charge >= 0.3 is 0 Å². The van der Waals surface area contributed by atoms with Gasteiger partial charge in [0.15, 0.2) is 0 Å². The minimum absolute atomic E-state index is 0.189. The molecule has 2 rings (SSSR count). The molecule has 3 N–H and O–H groups in total. The maximum atomic E-state index is 12.8. The number of halogens is 1. The molecule has 18 heavy (non-hydrogen) atoms. The molecule has 0 aliphatic heterocycles. The van der Waals surface area contributed by atoms with Crippen LogP contribution in [0.25, 0.3) is 0 Å². The second-order valence-electron chi connectivity index (χ2n) is 4.41. The van der Waals surface area contributed by atoms with Crippen molar-refractivity contribution in [3.05, 3.63) is 52.0 Å². The molecule has 0 radical (unpaired) electrons. The van der Waals surface area contributed by atoms with Crippen molar-refractivity contribution >= 4 is 17.0 Å². The molecule has 0 aliphatic rings. The van der Waals surface area contributed by atoms with Gasteiger partial charge in [0.25, 0.3) is 0 Å². The molecule has 1 aromatic heterocycles. The molecule has 1 unspecified atom stereocenters. The summed E-state index contributed by atoms with van der Waals surface area (Å²) in [5.74, 6) is -0.189. The summed E-state index contributed by atoms with van der Waals surface area (Å²) < 4.78 is 12.8. The van der Waals surface area contributed by atoms with E-state index in [1.807, 2.05) is 23.6 Å². The van der Waals surface area contributed by atoms with Gasteiger partial charge in [0.05, 0.1) is 0 Å². The maximum absolute atomic E-state index is 12.8. The first-order valence-electron chi connectivity index (χ1n) is 5.95. The highest BCUT2D eigenvalue weighted by Gasteiger charge is 2.05. The summed E-state index contributed by atoms with van der Waals surface area (Å²) in [5.41, 5.74) is 7.81. The van der Waals surface area contributed by atoms with E-state index in [1.54, 1.807) is 11.3 Å². The van der Waals surface area contributed by atoms with Gasteiger partial charge in [0, 0.05) is 23.2 Å². The highest BCUT2D eigenvalue weighted by atomic mass is 32.1. The van der Waals surface area contributed by atoms with Gasteiger partial charge in [0.1, 0.15) is 5.82 Å². The molecule has 2 aromatic rings. The number of hydrogen-bond acceptors (Lipinski definition) is 3. The first kappa shape index (κ1) is 13.1. The number of hydrogen-bond donors (Lipinski definition) is 2. The lowest BCUT2D eigenvalue weighted by atomic mass is 10.1. The molecule has 1 heterocycles. The number of thiophene rings is 1. The fourth-order valence-corrected chi connectivity index (χ4v) is 2.56. The second kappa shape index (κ2) is 5.98. The average molecular weight is 264 g/mol. The number of benzene rings is 1. The summed E-state index contributed by atoms with van der Waals surface area (Å²) >= 11 is 1.66. The normalized spacial score (nSPS) is 12.6. The van der Waals surface area contributed by atoms with E-state index in [2.05, 4.69) is 12.2 Å². The van der Waals surface area contributed by atoms with Gasteiger partial charge in [-0.3, -0.25) is 0 Å². The van der Waals surface area contributed by atoms with Crippen LogP contribution < -0.4 is 11.1 Å². The summed E-state index contributed by atoms with van der Waals surface area (Å²) in [5, 5.41) is 5.42. The first-order valence-corrected chi connectivity index (χ1v) is 6.83. The molecule has 4 heteroatoms. The van der Waals surface area contributed by atoms with E-state index < -0.39 is 0 Å². The molecule has 0 fully saturated rings. The van der Waals surface area contributed by atoms with Gasteiger partial charge in [-0.2, -0.15) is 0 Å². The molecule has 0 bridgehead atoms. The zero-order chi connectivity index (χ0) is 13.0. The zero-order valence-corrected chi connectivity index (χ0v) is 11.1. The first-order chi connectivity index (χ1) is 8.65. The predicted molar refractivity (Wildman–Crippen MR) is 75.1 cm³/mol. The van der Waals surface area contributed by atoms with Crippen molar-refractivity contribution in [3.8, 4) is 0 Å². The molecule has 0 saturated heterocycles. The lowest BCUT2D eigenvalue weighted by Crippen LogP contribution is -2.27. The molecule has 96 valence electrons. The van der Waals surface area contributed by atoms with E-state index in [1.165, 1.54) is 17.0 Å². The fraction of sp³-hybridized carbons (Fsp3) is 0.286. The predicted octanol–water partition coefficient (Wildman–Crippen LogP) is 3.19. The SMILES string of the molecule is CC(Cc1ccc(F)cc1)NCc1sccc1N. The van der Waals surface area contributed by atoms with Crippen molar-refractivity contribution in [2.75, 3.05) is 5.73 Å². The minimum Gasteiger partial charge on any atom is -0.398 e. The lowest BCUT2D eigenvalue weighted by molar-refractivity contribution is 0.548. The van der Waals surface area contributed by atoms with Gasteiger partial charge in [-0.25, -0.2) is 4.39 Å². The highest BCUT2D eigenvalue weighted by Crippen LogP contribution is 2.18. The molecular formula is C14H17FN2S. The van der Waals surface area contributed by atoms with Crippen molar-refractivity contribution < 1.29 is 4.39 Å². The quantitative estimate of drug-likeness (QED) is 0.870. The Balaban J connectivity index is 1.83. The van der Waals surface area contributed by atoms with Crippen molar-refractivity contribution in [2.45, 2.75) is 25.9 Å². The maximum Gasteiger partial charge on any atom is 0.123 e. The number of nitrogens with one attached hydrogen (secondary N) is 1. The Kier molecular flexibility index (Phi) is 4.33. The summed E-state index contributed by atoms with van der Waals surface area (Å²) in [6, 6.07) is 8.90. The van der Waals surface area contributed by atoms with Crippen LogP contribution in [0, 0.1) is 5.82 Å². The molecular weight excluding hydrogens is 247 g/mol. The topological polar surface area (TPSA) is 38.0 Å². The van der Waals surface area contributed by atoms with E-state index >= 15 is 0 Å². The third kappa shape index (κ3) is 3.55. The molecule has 0 aliphatic carbocycles. The van der Waals surface area contributed by atoms with Crippen molar-refractivity contribution in [1.82, 2.24) is 5.32 Å². The standard InChI is InChI=1S/C14H17FN2S/c1-10(8-11-2-4-12(15)5-3-11)17-9-14-13(16)6-7-18-14/h2-7,10,17H,8-9,16H2,1H3. The van der Waals surface area contributed by atoms with Gasteiger partial charge < -0.3 is 11.1 Å². The second-order valence-corrected chi connectivity index (χ2v) is 5.41. The fourth-order valence-electron chi connectivity index (χ4n) is 1.81. The Bertz CT molecular complexity index is 493. The minimum atomic E-state index is -0.189. The van der Waals surface area contributed by atoms with Crippen molar-refractivity contribution in [3.63, 3.8) is 0 Å². The third-order valence-electron chi connectivity index (χ3n) is 2.85. The Morgan fingerprint density at radius 2 is 2.00 bits per heavy atom. The van der Waals surface area contributed by atoms with Crippen molar-refractivity contribution in [2.24, 2.45) is 0 Å². The number of nitrogen functional groups attached to an aromatic ring is 1. The summed E-state index contributed by atoms with van der Waals surface area (Å²) in [7, 11) is 0. The molecule has 2 nitrogen and oxygen atoms in total. The van der Waals surface area contributed by atoms with Gasteiger partial charge in [-0.1, -0.05) is 12.1 Å². The van der Waals surface area contributed by atoms with Crippen LogP contribution in [-0.4, -0.2) is 6.04 Å². The summed E-state index contributed by atoms with van der Waals surface area (Å²) in [6.45, 7) is 2.90. The Morgan fingerprint density at radius 3 is 2.61 bits per heavy atom. The van der Waals surface area contributed by atoms with E-state index in [0.29, 0.717) is 6.04 Å². The van der Waals surface area contributed by atoms with E-state index in [4.69, 9.17) is 5.73 Å². The van der Waals surface area contributed by atoms with Gasteiger partial charge in [-0.15, -0.1) is 11.3 Å². The molecule has 1 aromatic carbocycles. The van der Waals surface area contributed by atoms with Crippen LogP contribution in [0.1, 0.15) is 17.4 Å². The van der Waals surface area contributed by atoms with Crippen molar-refractivity contribution in [1.29, 1.82) is 0 Å². The van der Waals surface area contributed by atoms with Crippen LogP contribution in [0.2, 0.25) is 0 Å². The van der Waals surface area contributed by atoms with Crippen LogP contribution in [0.5, 0.6) is 0 Å². The Morgan fingerprint density at radius 1 is 1.28 bits per heavy atom. The summed E-state index contributed by atoms with van der Waals surface area (Å²) in [4.78, 5) is 1.17. The van der Waals surface area contributed by atoms with Crippen LogP contribution in [0.3, 0.4) is 0 Å². The van der Waals surface area contributed by atoms with E-state index in [0.717, 1.165) is 24.2 Å². The van der Waals surface area contributed by atoms with Crippen LogP contribution in [0.15, 0.2) is 35.7 Å². The van der Waals surface area contributed by atoms with Crippen LogP contribution in [-0.2, 0) is 13.0 Å². The monoisotopic (exact) mass is 264 g/mol. The highest BCUT2D eigenvalue weighted by molar-refractivity contribution is 7.10. The van der Waals surface area contributed by atoms with Crippen LogP contribution in [0.4, 0.5) is 10.1 Å². The van der Waals surface area contributed by atoms with Gasteiger partial charge in [0.2, 0.25) is 0 Å². The number of rotatable bonds is 5. The number of nitrogens with two attached hydrogens (primary N) is 1. The smallest absolute Gasteiger partial charge is 0.123 e. The molecule has 0 saturated carbocycles. The Hall–Kier alpha value is -1.39. The Labute approximate surface area is 111 Å². The largest absolute Gasteiger partial charge is 0.398 e. The third-order valence-corrected chi connectivity index (χ3v) is 3.78. The molecule has 1 atom stereocenters. The molecule has 0 amide bonds. The number of anilines is 1. The lowest BCUT2D eigenvalue weighted by Gasteiger charge is -2.13. The molecule has 0 spiro atoms. The average Bonchev–Trinajstić information content (AvgIpc) is 2.75. The van der Waals surface area contributed by atoms with E-state index in [9.17, 15) is 4.39 Å². The van der Waals surface area contributed by atoms with Crippen LogP contribution >= 0.6 is 11.3 Å². The summed E-state index contributed by atoms with van der Waals surface area (Å²) in [6.07, 6.45) is 0.881. The van der Waals surface area contributed by atoms with Gasteiger partial charge in [-0.05, 0) is 42.5 Å². The zero-order valence-electron chi connectivity index (χ0n) is 10.3.